The highest BCUT2D eigenvalue weighted by Gasteiger charge is 2.43. The van der Waals surface area contributed by atoms with E-state index in [-0.39, 0.29) is 84.9 Å². The van der Waals surface area contributed by atoms with Gasteiger partial charge in [-0.1, -0.05) is 87.0 Å². The zero-order chi connectivity index (χ0) is 61.0. The van der Waals surface area contributed by atoms with Crippen molar-refractivity contribution in [3.05, 3.63) is 0 Å². The Bertz CT molecular complexity index is 1820. The summed E-state index contributed by atoms with van der Waals surface area (Å²) in [7, 11) is 0. The molecule has 0 N–H and O–H groups in total. The summed E-state index contributed by atoms with van der Waals surface area (Å²) in [6.07, 6.45) is 31.0. The first-order valence-electron chi connectivity index (χ1n) is 32.4. The van der Waals surface area contributed by atoms with Gasteiger partial charge in [-0.25, -0.2) is 0 Å². The van der Waals surface area contributed by atoms with Gasteiger partial charge in [0.25, 0.3) is 0 Å². The first kappa shape index (κ1) is 74.4. The minimum Gasteiger partial charge on any atom is -0.459 e. The Balaban J connectivity index is 0.000000495. The Morgan fingerprint density at radius 3 is 0.937 bits per heavy atom. The Labute approximate surface area is 487 Å². The summed E-state index contributed by atoms with van der Waals surface area (Å²) in [5.41, 5.74) is -2.83. The average Bonchev–Trinajstić information content (AvgIpc) is 4.06. The maximum absolute atomic E-state index is 12.2. The van der Waals surface area contributed by atoms with E-state index in [1.54, 1.807) is 0 Å². The first-order chi connectivity index (χ1) is 36.2. The second-order valence-electron chi connectivity index (χ2n) is 30.0. The van der Waals surface area contributed by atoms with Crippen molar-refractivity contribution < 1.29 is 47.7 Å². The van der Waals surface area contributed by atoms with Crippen molar-refractivity contribution >= 4 is 29.8 Å². The average molecular weight is 1120 g/mol. The van der Waals surface area contributed by atoms with Gasteiger partial charge in [0.15, 0.2) is 0 Å². The summed E-state index contributed by atoms with van der Waals surface area (Å²) in [4.78, 5) is 60.1. The molecule has 5 saturated carbocycles. The molecule has 0 saturated heterocycles. The number of carbonyl (C=O) groups is 5. The molecule has 10 heteroatoms. The summed E-state index contributed by atoms with van der Waals surface area (Å²) in [6.45, 7) is 46.7. The molecule has 0 aromatic carbocycles. The quantitative estimate of drug-likeness (QED) is 0.0965. The largest absolute Gasteiger partial charge is 0.459 e. The molecule has 5 rings (SSSR count). The van der Waals surface area contributed by atoms with E-state index in [1.165, 1.54) is 103 Å². The van der Waals surface area contributed by atoms with Crippen LogP contribution in [0.15, 0.2) is 0 Å². The standard InChI is InChI=1S/C16H30O2.C15H28O2.2C13H24O2.C12H22O2/c1-7-15(3,4)14(17)18-16(5,6)13-10-8-12(2)9-11-13;1-6-14(2,3)13(16)17-15(4,5)12-10-8-7-9-11-12;1-5-12(2,3)11(14)15-13(4)9-7-6-8-10-13;1-5-12(3,4)11(14)15-13(6-2)9-7-8-10-13;1-5-11(2,3)10(13)14-12(4)8-6-7-9-12/h12-13H,7-11H2,1-6H3;12H,6-11H2,1-5H3;2*5-10H2,1-4H3;5-9H2,1-4H3. The summed E-state index contributed by atoms with van der Waals surface area (Å²) < 4.78 is 28.7. The van der Waals surface area contributed by atoms with Crippen molar-refractivity contribution in [3.63, 3.8) is 0 Å². The molecule has 0 aromatic rings. The van der Waals surface area contributed by atoms with Crippen molar-refractivity contribution in [2.75, 3.05) is 0 Å². The highest BCUT2D eigenvalue weighted by atomic mass is 16.6. The molecule has 464 valence electrons. The van der Waals surface area contributed by atoms with E-state index in [2.05, 4.69) is 55.4 Å². The molecule has 0 bridgehead atoms. The molecule has 0 heterocycles. The van der Waals surface area contributed by atoms with E-state index in [0.717, 1.165) is 83.0 Å². The molecular weight excluding hydrogens is 989 g/mol. The normalized spacial score (nSPS) is 21.6. The van der Waals surface area contributed by atoms with E-state index in [4.69, 9.17) is 23.7 Å². The third kappa shape index (κ3) is 24.6. The summed E-state index contributed by atoms with van der Waals surface area (Å²) in [5, 5.41) is 0. The van der Waals surface area contributed by atoms with Crippen LogP contribution in [0, 0.1) is 44.8 Å². The Hall–Kier alpha value is -2.65. The minimum absolute atomic E-state index is 0.0197. The number of carbonyl (C=O) groups excluding carboxylic acids is 5. The molecule has 0 unspecified atom stereocenters. The van der Waals surface area contributed by atoms with Crippen LogP contribution in [0.2, 0.25) is 0 Å². The molecule has 0 aliphatic heterocycles. The second kappa shape index (κ2) is 31.9. The third-order valence-corrected chi connectivity index (χ3v) is 20.2. The Morgan fingerprint density at radius 2 is 0.620 bits per heavy atom. The third-order valence-electron chi connectivity index (χ3n) is 20.2. The van der Waals surface area contributed by atoms with Crippen LogP contribution in [0.5, 0.6) is 0 Å². The minimum atomic E-state index is -0.362. The van der Waals surface area contributed by atoms with Crippen LogP contribution in [0.3, 0.4) is 0 Å². The molecule has 0 radical (unpaired) electrons. The van der Waals surface area contributed by atoms with Gasteiger partial charge in [-0.05, 0) is 270 Å². The van der Waals surface area contributed by atoms with Crippen LogP contribution in [0.4, 0.5) is 0 Å². The highest BCUT2D eigenvalue weighted by molar-refractivity contribution is 5.78. The zero-order valence-electron chi connectivity index (χ0n) is 56.1. The number of hydrogen-bond donors (Lipinski definition) is 0. The molecule has 0 spiro atoms. The lowest BCUT2D eigenvalue weighted by molar-refractivity contribution is -0.175. The summed E-state index contributed by atoms with van der Waals surface area (Å²) in [6, 6.07) is 0. The molecule has 5 aliphatic rings. The summed E-state index contributed by atoms with van der Waals surface area (Å²) >= 11 is 0. The topological polar surface area (TPSA) is 132 Å². The van der Waals surface area contributed by atoms with Crippen LogP contribution in [0.25, 0.3) is 0 Å². The van der Waals surface area contributed by atoms with E-state index in [0.29, 0.717) is 11.8 Å². The number of hydrogen-bond acceptors (Lipinski definition) is 10. The number of ether oxygens (including phenoxy) is 5. The smallest absolute Gasteiger partial charge is 0.312 e. The van der Waals surface area contributed by atoms with Crippen molar-refractivity contribution in [2.24, 2.45) is 44.8 Å². The molecule has 0 atom stereocenters. The molecule has 0 amide bonds. The van der Waals surface area contributed by atoms with Crippen LogP contribution in [-0.4, -0.2) is 57.9 Å². The molecular formula is C69H128O10. The molecule has 79 heavy (non-hydrogen) atoms. The number of rotatable bonds is 18. The SMILES string of the molecule is CCC(C)(C)C(=O)OC(C)(C)C1CCC(C)CC1.CCC(C)(C)C(=O)OC(C)(C)C1CCCCC1.CCC(C)(C)C(=O)OC1(C)CCCC1.CCC(C)(C)C(=O)OC1(C)CCCCC1.CCC1(OC(=O)C(C)(C)CC)CCCC1. The van der Waals surface area contributed by atoms with Gasteiger partial charge in [0.1, 0.15) is 28.0 Å². The van der Waals surface area contributed by atoms with Crippen LogP contribution < -0.4 is 0 Å². The van der Waals surface area contributed by atoms with Crippen LogP contribution >= 0.6 is 0 Å². The highest BCUT2D eigenvalue weighted by Crippen LogP contribution is 2.42. The first-order valence-corrected chi connectivity index (χ1v) is 32.4. The lowest BCUT2D eigenvalue weighted by Crippen LogP contribution is -2.42. The maximum atomic E-state index is 12.2. The Kier molecular flexibility index (Phi) is 30.0. The zero-order valence-corrected chi connectivity index (χ0v) is 56.1. The van der Waals surface area contributed by atoms with Gasteiger partial charge in [0.05, 0.1) is 27.1 Å². The van der Waals surface area contributed by atoms with Gasteiger partial charge in [0.2, 0.25) is 0 Å². The van der Waals surface area contributed by atoms with Gasteiger partial charge in [-0.2, -0.15) is 0 Å². The molecule has 5 fully saturated rings. The van der Waals surface area contributed by atoms with Crippen molar-refractivity contribution in [3.8, 4) is 0 Å². The second-order valence-corrected chi connectivity index (χ2v) is 30.0. The van der Waals surface area contributed by atoms with Gasteiger partial charge in [-0.3, -0.25) is 24.0 Å². The fraction of sp³-hybridized carbons (Fsp3) is 0.928. The van der Waals surface area contributed by atoms with E-state index < -0.39 is 0 Å². The molecule has 0 aromatic heterocycles. The molecule has 10 nitrogen and oxygen atoms in total. The predicted octanol–water partition coefficient (Wildman–Crippen LogP) is 19.6. The molecule has 5 aliphatic carbocycles. The van der Waals surface area contributed by atoms with E-state index in [9.17, 15) is 24.0 Å². The van der Waals surface area contributed by atoms with E-state index in [1.807, 2.05) is 104 Å². The fourth-order valence-corrected chi connectivity index (χ4v) is 10.6. The fourth-order valence-electron chi connectivity index (χ4n) is 10.6. The lowest BCUT2D eigenvalue weighted by Gasteiger charge is -2.39. The van der Waals surface area contributed by atoms with Crippen molar-refractivity contribution in [2.45, 2.75) is 367 Å². The van der Waals surface area contributed by atoms with Gasteiger partial charge in [-0.15, -0.1) is 0 Å². The van der Waals surface area contributed by atoms with Crippen LogP contribution in [-0.2, 0) is 47.7 Å². The van der Waals surface area contributed by atoms with Gasteiger partial charge >= 0.3 is 29.8 Å². The van der Waals surface area contributed by atoms with E-state index >= 15 is 0 Å². The summed E-state index contributed by atoms with van der Waals surface area (Å²) in [5.74, 6) is 1.70. The van der Waals surface area contributed by atoms with Crippen molar-refractivity contribution in [1.82, 2.24) is 0 Å². The van der Waals surface area contributed by atoms with Crippen LogP contribution in [0.1, 0.15) is 339 Å². The monoisotopic (exact) mass is 1120 g/mol. The predicted molar refractivity (Wildman–Crippen MR) is 327 cm³/mol. The lowest BCUT2D eigenvalue weighted by atomic mass is 9.75. The van der Waals surface area contributed by atoms with Gasteiger partial charge < -0.3 is 23.7 Å². The Morgan fingerprint density at radius 1 is 0.354 bits per heavy atom. The van der Waals surface area contributed by atoms with Crippen molar-refractivity contribution in [1.29, 1.82) is 0 Å². The van der Waals surface area contributed by atoms with Gasteiger partial charge in [0, 0.05) is 0 Å². The maximum Gasteiger partial charge on any atom is 0.312 e. The number of esters is 5.